The lowest BCUT2D eigenvalue weighted by Gasteiger charge is -2.29. The van der Waals surface area contributed by atoms with E-state index in [-0.39, 0.29) is 18.0 Å². The Kier molecular flexibility index (Phi) is 8.44. The molecule has 222 valence electrons. The molecular weight excluding hydrogens is 556 g/mol. The highest BCUT2D eigenvalue weighted by molar-refractivity contribution is 7.80. The number of ether oxygens (including phenoxy) is 1. The van der Waals surface area contributed by atoms with Crippen molar-refractivity contribution in [1.82, 2.24) is 19.8 Å². The van der Waals surface area contributed by atoms with Gasteiger partial charge in [0, 0.05) is 60.7 Å². The van der Waals surface area contributed by atoms with Gasteiger partial charge in [0.2, 0.25) is 5.91 Å². The number of rotatable bonds is 8. The Morgan fingerprint density at radius 2 is 1.72 bits per heavy atom. The average molecular weight is 595 g/mol. The quantitative estimate of drug-likeness (QED) is 0.256. The van der Waals surface area contributed by atoms with E-state index in [0.29, 0.717) is 18.1 Å². The first kappa shape index (κ1) is 28.9. The Morgan fingerprint density at radius 1 is 1.00 bits per heavy atom. The van der Waals surface area contributed by atoms with E-state index in [9.17, 15) is 4.79 Å². The number of morpholine rings is 1. The summed E-state index contributed by atoms with van der Waals surface area (Å²) in [5, 5.41) is 7.18. The second kappa shape index (κ2) is 12.6. The highest BCUT2D eigenvalue weighted by atomic mass is 32.1. The summed E-state index contributed by atoms with van der Waals surface area (Å²) in [5.74, 6) is -0.0440. The molecule has 6 rings (SSSR count). The molecule has 2 atom stereocenters. The molecule has 2 saturated heterocycles. The van der Waals surface area contributed by atoms with Crippen molar-refractivity contribution < 1.29 is 9.53 Å². The predicted molar refractivity (Wildman–Crippen MR) is 175 cm³/mol. The van der Waals surface area contributed by atoms with Crippen molar-refractivity contribution in [1.29, 1.82) is 0 Å². The molecule has 2 aromatic heterocycles. The van der Waals surface area contributed by atoms with E-state index in [2.05, 4.69) is 74.2 Å². The number of benzene rings is 2. The summed E-state index contributed by atoms with van der Waals surface area (Å²) < 4.78 is 7.83. The zero-order valence-electron chi connectivity index (χ0n) is 24.9. The third-order valence-electron chi connectivity index (χ3n) is 8.39. The minimum absolute atomic E-state index is 0.0440. The molecule has 0 saturated carbocycles. The number of carbonyl (C=O) groups is 1. The van der Waals surface area contributed by atoms with Crippen molar-refractivity contribution in [3.05, 3.63) is 107 Å². The van der Waals surface area contributed by atoms with Gasteiger partial charge in [0.05, 0.1) is 31.0 Å². The van der Waals surface area contributed by atoms with Crippen LogP contribution < -0.4 is 15.5 Å². The number of hydrogen-bond donors (Lipinski definition) is 2. The van der Waals surface area contributed by atoms with Gasteiger partial charge in [0.15, 0.2) is 5.11 Å². The van der Waals surface area contributed by atoms with Crippen molar-refractivity contribution in [2.24, 2.45) is 0 Å². The maximum Gasteiger partial charge on any atom is 0.226 e. The minimum atomic E-state index is -0.147. The van der Waals surface area contributed by atoms with Gasteiger partial charge in [0.25, 0.3) is 0 Å². The highest BCUT2D eigenvalue weighted by Gasteiger charge is 2.41. The Morgan fingerprint density at radius 3 is 2.42 bits per heavy atom. The molecule has 2 N–H and O–H groups in total. The monoisotopic (exact) mass is 594 g/mol. The van der Waals surface area contributed by atoms with Crippen LogP contribution in [0.3, 0.4) is 0 Å². The van der Waals surface area contributed by atoms with Gasteiger partial charge in [-0.05, 0) is 93.1 Å². The van der Waals surface area contributed by atoms with E-state index in [1.54, 1.807) is 0 Å². The van der Waals surface area contributed by atoms with Gasteiger partial charge in [-0.2, -0.15) is 0 Å². The van der Waals surface area contributed by atoms with Crippen LogP contribution in [-0.4, -0.2) is 58.3 Å². The molecule has 4 aromatic rings. The van der Waals surface area contributed by atoms with Crippen LogP contribution in [0, 0.1) is 20.8 Å². The third kappa shape index (κ3) is 6.14. The number of amides is 1. The molecule has 9 heteroatoms. The van der Waals surface area contributed by atoms with Crippen LogP contribution in [0.1, 0.15) is 46.7 Å². The summed E-state index contributed by atoms with van der Waals surface area (Å²) in [6.07, 6.45) is 2.12. The van der Waals surface area contributed by atoms with Crippen LogP contribution in [0.2, 0.25) is 0 Å². The minimum Gasteiger partial charge on any atom is -0.378 e. The number of thiocarbonyl (C=S) groups is 1. The molecule has 4 heterocycles. The molecule has 8 nitrogen and oxygen atoms in total. The molecule has 43 heavy (non-hydrogen) atoms. The predicted octanol–water partition coefficient (Wildman–Crippen LogP) is 5.64. The van der Waals surface area contributed by atoms with Crippen LogP contribution in [-0.2, 0) is 9.53 Å². The number of nitrogens with one attached hydrogen (secondary N) is 2. The molecule has 2 aliphatic heterocycles. The van der Waals surface area contributed by atoms with Crippen LogP contribution in [0.25, 0.3) is 5.69 Å². The van der Waals surface area contributed by atoms with Crippen LogP contribution >= 0.6 is 12.2 Å². The van der Waals surface area contributed by atoms with Gasteiger partial charge in [-0.3, -0.25) is 9.78 Å². The lowest BCUT2D eigenvalue weighted by Crippen LogP contribution is -2.36. The SMILES string of the molecule is Cc1ccc(NC(=O)CCN2C(=S)N[C@@H](c3ccccn3)[C@H]2c2cc(C)n(-c3ccc(N4CCOCC4)cc3)c2C)cc1. The first-order valence-corrected chi connectivity index (χ1v) is 15.3. The van der Waals surface area contributed by atoms with Gasteiger partial charge in [-0.1, -0.05) is 23.8 Å². The lowest BCUT2D eigenvalue weighted by molar-refractivity contribution is -0.116. The molecule has 0 bridgehead atoms. The van der Waals surface area contributed by atoms with E-state index >= 15 is 0 Å². The molecule has 0 spiro atoms. The van der Waals surface area contributed by atoms with Gasteiger partial charge in [-0.15, -0.1) is 0 Å². The van der Waals surface area contributed by atoms with Crippen molar-refractivity contribution in [3.8, 4) is 5.69 Å². The van der Waals surface area contributed by atoms with Crippen molar-refractivity contribution >= 4 is 34.6 Å². The number of hydrogen-bond acceptors (Lipinski definition) is 5. The molecule has 1 amide bonds. The van der Waals surface area contributed by atoms with Crippen molar-refractivity contribution in [3.63, 3.8) is 0 Å². The summed E-state index contributed by atoms with van der Waals surface area (Å²) in [7, 11) is 0. The second-order valence-corrected chi connectivity index (χ2v) is 11.6. The zero-order valence-corrected chi connectivity index (χ0v) is 25.7. The molecule has 2 aliphatic rings. The molecular formula is C34H38N6O2S. The Hall–Kier alpha value is -4.21. The van der Waals surface area contributed by atoms with Crippen molar-refractivity contribution in [2.75, 3.05) is 43.1 Å². The first-order chi connectivity index (χ1) is 20.9. The van der Waals surface area contributed by atoms with E-state index in [4.69, 9.17) is 17.0 Å². The normalized spacial score (nSPS) is 18.5. The maximum atomic E-state index is 13.0. The Bertz CT molecular complexity index is 1580. The number of carbonyl (C=O) groups excluding carboxylic acids is 1. The Labute approximate surface area is 258 Å². The number of anilines is 2. The fourth-order valence-corrected chi connectivity index (χ4v) is 6.52. The van der Waals surface area contributed by atoms with Gasteiger partial charge < -0.3 is 29.7 Å². The van der Waals surface area contributed by atoms with Crippen LogP contribution in [0.15, 0.2) is 79.0 Å². The van der Waals surface area contributed by atoms with E-state index in [0.717, 1.165) is 65.9 Å². The van der Waals surface area contributed by atoms with Gasteiger partial charge in [0.1, 0.15) is 0 Å². The summed E-state index contributed by atoms with van der Waals surface area (Å²) in [6, 6.07) is 24.6. The van der Waals surface area contributed by atoms with Crippen LogP contribution in [0.4, 0.5) is 11.4 Å². The molecule has 0 aliphatic carbocycles. The topological polar surface area (TPSA) is 74.7 Å². The van der Waals surface area contributed by atoms with Gasteiger partial charge in [-0.25, -0.2) is 0 Å². The first-order valence-electron chi connectivity index (χ1n) is 14.9. The number of pyridine rings is 1. The summed E-state index contributed by atoms with van der Waals surface area (Å²) >= 11 is 5.88. The third-order valence-corrected chi connectivity index (χ3v) is 8.74. The number of nitrogens with zero attached hydrogens (tertiary/aromatic N) is 4. The fraction of sp³-hybridized carbons (Fsp3) is 0.324. The summed E-state index contributed by atoms with van der Waals surface area (Å²) in [4.78, 5) is 22.2. The molecule has 2 fully saturated rings. The van der Waals surface area contributed by atoms with E-state index in [1.165, 1.54) is 5.69 Å². The zero-order chi connectivity index (χ0) is 29.9. The largest absolute Gasteiger partial charge is 0.378 e. The molecule has 2 aromatic carbocycles. The van der Waals surface area contributed by atoms with Crippen molar-refractivity contribution in [2.45, 2.75) is 39.3 Å². The lowest BCUT2D eigenvalue weighted by atomic mass is 9.96. The maximum absolute atomic E-state index is 13.0. The fourth-order valence-electron chi connectivity index (χ4n) is 6.19. The van der Waals surface area contributed by atoms with Gasteiger partial charge >= 0.3 is 0 Å². The molecule has 0 radical (unpaired) electrons. The Balaban J connectivity index is 1.28. The summed E-state index contributed by atoms with van der Waals surface area (Å²) in [6.45, 7) is 10.2. The van der Waals surface area contributed by atoms with Crippen LogP contribution in [0.5, 0.6) is 0 Å². The number of aryl methyl sites for hydroxylation is 2. The summed E-state index contributed by atoms with van der Waals surface area (Å²) in [5.41, 5.74) is 8.64. The average Bonchev–Trinajstić information content (AvgIpc) is 3.52. The number of aromatic nitrogens is 2. The van der Waals surface area contributed by atoms with E-state index < -0.39 is 0 Å². The highest BCUT2D eigenvalue weighted by Crippen LogP contribution is 2.41. The second-order valence-electron chi connectivity index (χ2n) is 11.3. The standard InChI is InChI=1S/C34H38N6O2S/c1-23-7-9-26(10-8-23)36-31(41)15-17-39-33(32(37-34(39)43)30-6-4-5-16-35-30)29-22-24(2)40(25(29)3)28-13-11-27(12-14-28)38-18-20-42-21-19-38/h4-14,16,22,32-33H,15,17-21H2,1-3H3,(H,36,41)(H,37,43)/t32-,33+/m0/s1. The van der Waals surface area contributed by atoms with E-state index in [1.807, 2.05) is 55.6 Å². The molecule has 0 unspecified atom stereocenters. The smallest absolute Gasteiger partial charge is 0.226 e.